The molecule has 90 valence electrons. The highest BCUT2D eigenvalue weighted by Gasteiger charge is 2.31. The molecule has 0 aromatic carbocycles. The molecule has 0 saturated carbocycles. The van der Waals surface area contributed by atoms with Crippen molar-refractivity contribution in [3.63, 3.8) is 0 Å². The van der Waals surface area contributed by atoms with Crippen LogP contribution in [0.5, 0.6) is 0 Å². The second-order valence-electron chi connectivity index (χ2n) is 4.32. The lowest BCUT2D eigenvalue weighted by molar-refractivity contribution is -0.139. The number of carbonyl (C=O) groups is 1. The monoisotopic (exact) mass is 226 g/mol. The van der Waals surface area contributed by atoms with Gasteiger partial charge in [-0.15, -0.1) is 0 Å². The SMILES string of the molecule is CCCCC1(O)C=CC(O)(CC(=O)O)C=C1. The van der Waals surface area contributed by atoms with Gasteiger partial charge in [0.15, 0.2) is 0 Å². The minimum atomic E-state index is -1.47. The summed E-state index contributed by atoms with van der Waals surface area (Å²) >= 11 is 0. The van der Waals surface area contributed by atoms with Crippen molar-refractivity contribution in [3.8, 4) is 0 Å². The highest BCUT2D eigenvalue weighted by molar-refractivity contribution is 5.69. The van der Waals surface area contributed by atoms with Gasteiger partial charge in [0.05, 0.1) is 6.42 Å². The molecule has 0 saturated heterocycles. The zero-order valence-corrected chi connectivity index (χ0v) is 9.39. The van der Waals surface area contributed by atoms with Crippen LogP contribution in [0.1, 0.15) is 32.6 Å². The Hall–Kier alpha value is -1.13. The Morgan fingerprint density at radius 3 is 2.06 bits per heavy atom. The average molecular weight is 226 g/mol. The van der Waals surface area contributed by atoms with Crippen molar-refractivity contribution in [1.82, 2.24) is 0 Å². The second-order valence-corrected chi connectivity index (χ2v) is 4.32. The Bertz CT molecular complexity index is 303. The maximum atomic E-state index is 10.5. The third-order valence-electron chi connectivity index (χ3n) is 2.69. The van der Waals surface area contributed by atoms with Crippen molar-refractivity contribution in [2.45, 2.75) is 43.8 Å². The Morgan fingerprint density at radius 1 is 1.12 bits per heavy atom. The van der Waals surface area contributed by atoms with Gasteiger partial charge in [0.1, 0.15) is 11.2 Å². The zero-order valence-electron chi connectivity index (χ0n) is 9.39. The summed E-state index contributed by atoms with van der Waals surface area (Å²) in [6.45, 7) is 2.03. The first-order valence-electron chi connectivity index (χ1n) is 5.46. The van der Waals surface area contributed by atoms with Crippen LogP contribution >= 0.6 is 0 Å². The van der Waals surface area contributed by atoms with Gasteiger partial charge in [-0.2, -0.15) is 0 Å². The molecule has 0 bridgehead atoms. The number of unbranched alkanes of at least 4 members (excludes halogenated alkanes) is 1. The van der Waals surface area contributed by atoms with Gasteiger partial charge < -0.3 is 15.3 Å². The molecular formula is C12H18O4. The topological polar surface area (TPSA) is 77.8 Å². The van der Waals surface area contributed by atoms with Crippen LogP contribution in [0.15, 0.2) is 24.3 Å². The number of rotatable bonds is 5. The highest BCUT2D eigenvalue weighted by atomic mass is 16.4. The van der Waals surface area contributed by atoms with E-state index in [4.69, 9.17) is 5.11 Å². The van der Waals surface area contributed by atoms with Crippen molar-refractivity contribution >= 4 is 5.97 Å². The molecule has 1 aliphatic carbocycles. The third kappa shape index (κ3) is 3.47. The summed E-state index contributed by atoms with van der Waals surface area (Å²) < 4.78 is 0. The Kier molecular flexibility index (Phi) is 3.88. The van der Waals surface area contributed by atoms with Crippen molar-refractivity contribution in [3.05, 3.63) is 24.3 Å². The third-order valence-corrected chi connectivity index (χ3v) is 2.69. The quantitative estimate of drug-likeness (QED) is 0.616. The van der Waals surface area contributed by atoms with E-state index in [1.165, 1.54) is 24.3 Å². The number of hydrogen-bond acceptors (Lipinski definition) is 3. The molecule has 3 N–H and O–H groups in total. The van der Waals surface area contributed by atoms with Gasteiger partial charge >= 0.3 is 5.97 Å². The molecular weight excluding hydrogens is 208 g/mol. The van der Waals surface area contributed by atoms with Crippen LogP contribution < -0.4 is 0 Å². The van der Waals surface area contributed by atoms with Gasteiger partial charge in [0.2, 0.25) is 0 Å². The summed E-state index contributed by atoms with van der Waals surface area (Å²) in [4.78, 5) is 10.5. The molecule has 4 nitrogen and oxygen atoms in total. The number of carboxylic acid groups (broad SMARTS) is 1. The molecule has 0 spiro atoms. The standard InChI is InChI=1S/C12H18O4/c1-2-3-4-11(15)5-7-12(16,8-6-11)9-10(13)14/h5-8,15-16H,2-4,9H2,1H3,(H,13,14). The van der Waals surface area contributed by atoms with Gasteiger partial charge in [-0.3, -0.25) is 4.79 Å². The second kappa shape index (κ2) is 4.80. The summed E-state index contributed by atoms with van der Waals surface area (Å²) in [5, 5.41) is 28.5. The van der Waals surface area contributed by atoms with Crippen molar-refractivity contribution in [2.24, 2.45) is 0 Å². The minimum Gasteiger partial charge on any atom is -0.481 e. The normalized spacial score (nSPS) is 32.9. The van der Waals surface area contributed by atoms with E-state index in [0.717, 1.165) is 12.8 Å². The van der Waals surface area contributed by atoms with Crippen LogP contribution in [-0.4, -0.2) is 32.5 Å². The largest absolute Gasteiger partial charge is 0.481 e. The molecule has 0 aliphatic heterocycles. The summed E-state index contributed by atoms with van der Waals surface area (Å²) in [5.74, 6) is -1.07. The fraction of sp³-hybridized carbons (Fsp3) is 0.583. The predicted octanol–water partition coefficient (Wildman–Crippen LogP) is 1.24. The number of aliphatic hydroxyl groups is 2. The molecule has 0 unspecified atom stereocenters. The lowest BCUT2D eigenvalue weighted by Gasteiger charge is -2.29. The highest BCUT2D eigenvalue weighted by Crippen LogP contribution is 2.27. The number of aliphatic carboxylic acids is 1. The van der Waals surface area contributed by atoms with Crippen LogP contribution in [0.3, 0.4) is 0 Å². The molecule has 0 aromatic heterocycles. The summed E-state index contributed by atoms with van der Waals surface area (Å²) in [6.07, 6.45) is 7.72. The van der Waals surface area contributed by atoms with E-state index in [-0.39, 0.29) is 6.42 Å². The van der Waals surface area contributed by atoms with E-state index in [9.17, 15) is 15.0 Å². The molecule has 0 aromatic rings. The van der Waals surface area contributed by atoms with Crippen molar-refractivity contribution in [2.75, 3.05) is 0 Å². The molecule has 4 heteroatoms. The molecule has 1 rings (SSSR count). The van der Waals surface area contributed by atoms with Gasteiger partial charge in [0.25, 0.3) is 0 Å². The maximum Gasteiger partial charge on any atom is 0.306 e. The summed E-state index contributed by atoms with van der Waals surface area (Å²) in [6, 6.07) is 0. The molecule has 0 heterocycles. The molecule has 16 heavy (non-hydrogen) atoms. The van der Waals surface area contributed by atoms with Gasteiger partial charge in [0, 0.05) is 0 Å². The van der Waals surface area contributed by atoms with E-state index in [1.807, 2.05) is 6.92 Å². The Morgan fingerprint density at radius 2 is 1.62 bits per heavy atom. The first-order valence-corrected chi connectivity index (χ1v) is 5.46. The first kappa shape index (κ1) is 12.9. The fourth-order valence-electron chi connectivity index (χ4n) is 1.68. The van der Waals surface area contributed by atoms with Crippen molar-refractivity contribution in [1.29, 1.82) is 0 Å². The van der Waals surface area contributed by atoms with E-state index in [2.05, 4.69) is 0 Å². The molecule has 0 fully saturated rings. The van der Waals surface area contributed by atoms with Crippen LogP contribution in [-0.2, 0) is 4.79 Å². The van der Waals surface area contributed by atoms with Crippen LogP contribution in [0.4, 0.5) is 0 Å². The zero-order chi connectivity index (χ0) is 12.2. The van der Waals surface area contributed by atoms with Crippen LogP contribution in [0.25, 0.3) is 0 Å². The molecule has 1 aliphatic rings. The first-order chi connectivity index (χ1) is 7.39. The predicted molar refractivity (Wildman–Crippen MR) is 60.0 cm³/mol. The minimum absolute atomic E-state index is 0.385. The van der Waals surface area contributed by atoms with E-state index >= 15 is 0 Å². The number of hydrogen-bond donors (Lipinski definition) is 3. The van der Waals surface area contributed by atoms with Crippen molar-refractivity contribution < 1.29 is 20.1 Å². The van der Waals surface area contributed by atoms with Gasteiger partial charge in [-0.1, -0.05) is 31.9 Å². The van der Waals surface area contributed by atoms with E-state index < -0.39 is 17.2 Å². The van der Waals surface area contributed by atoms with E-state index in [1.54, 1.807) is 0 Å². The van der Waals surface area contributed by atoms with E-state index in [0.29, 0.717) is 6.42 Å². The summed E-state index contributed by atoms with van der Waals surface area (Å²) in [5.41, 5.74) is -2.51. The Balaban J connectivity index is 2.67. The lowest BCUT2D eigenvalue weighted by atomic mass is 9.85. The van der Waals surface area contributed by atoms with Gasteiger partial charge in [-0.05, 0) is 18.6 Å². The maximum absolute atomic E-state index is 10.5. The van der Waals surface area contributed by atoms with Crippen LogP contribution in [0.2, 0.25) is 0 Å². The number of carboxylic acids is 1. The average Bonchev–Trinajstić information content (AvgIpc) is 2.20. The molecule has 0 amide bonds. The smallest absolute Gasteiger partial charge is 0.306 e. The van der Waals surface area contributed by atoms with Gasteiger partial charge in [-0.25, -0.2) is 0 Å². The molecule has 0 radical (unpaired) electrons. The summed E-state index contributed by atoms with van der Waals surface area (Å²) in [7, 11) is 0. The lowest BCUT2D eigenvalue weighted by Crippen LogP contribution is -2.34. The van der Waals surface area contributed by atoms with Crippen LogP contribution in [0, 0.1) is 0 Å². The Labute approximate surface area is 94.9 Å². The molecule has 0 atom stereocenters. The fourth-order valence-corrected chi connectivity index (χ4v) is 1.68.